The summed E-state index contributed by atoms with van der Waals surface area (Å²) in [4.78, 5) is 23.6. The second-order valence-corrected chi connectivity index (χ2v) is 4.90. The summed E-state index contributed by atoms with van der Waals surface area (Å²) in [5, 5.41) is 6.34. The first-order chi connectivity index (χ1) is 11.0. The smallest absolute Gasteiger partial charge is 0.344 e. The Morgan fingerprint density at radius 2 is 2.09 bits per heavy atom. The number of esters is 1. The Morgan fingerprint density at radius 3 is 2.74 bits per heavy atom. The topological polar surface area (TPSA) is 90.7 Å². The lowest BCUT2D eigenvalue weighted by atomic mass is 10.2. The van der Waals surface area contributed by atoms with Crippen molar-refractivity contribution in [3.8, 4) is 5.75 Å². The maximum atomic E-state index is 11.9. The van der Waals surface area contributed by atoms with E-state index in [4.69, 9.17) is 14.0 Å². The molecule has 1 aromatic heterocycles. The molecule has 7 nitrogen and oxygen atoms in total. The molecule has 0 fully saturated rings. The number of aryl methyl sites for hydroxylation is 2. The third-order valence-corrected chi connectivity index (χ3v) is 3.20. The van der Waals surface area contributed by atoms with Crippen LogP contribution in [0.3, 0.4) is 0 Å². The highest BCUT2D eigenvalue weighted by atomic mass is 16.5. The molecule has 0 radical (unpaired) electrons. The molecular formula is C16H18N2O5. The van der Waals surface area contributed by atoms with Crippen molar-refractivity contribution in [3.63, 3.8) is 0 Å². The van der Waals surface area contributed by atoms with Gasteiger partial charge in [-0.05, 0) is 31.5 Å². The maximum absolute atomic E-state index is 11.9. The lowest BCUT2D eigenvalue weighted by Crippen LogP contribution is -2.28. The molecular weight excluding hydrogens is 300 g/mol. The molecule has 2 aromatic rings. The molecule has 23 heavy (non-hydrogen) atoms. The number of nitrogens with zero attached hydrogens (tertiary/aromatic N) is 1. The predicted molar refractivity (Wildman–Crippen MR) is 81.1 cm³/mol. The number of benzene rings is 1. The van der Waals surface area contributed by atoms with E-state index >= 15 is 0 Å². The first-order valence-electron chi connectivity index (χ1n) is 7.01. The number of nitrogens with one attached hydrogen (secondary N) is 1. The van der Waals surface area contributed by atoms with Gasteiger partial charge in [-0.15, -0.1) is 0 Å². The summed E-state index contributed by atoms with van der Waals surface area (Å²) in [6.45, 7) is 3.20. The Bertz CT molecular complexity index is 689. The van der Waals surface area contributed by atoms with E-state index in [0.29, 0.717) is 23.7 Å². The molecule has 0 spiro atoms. The number of hydrogen-bond donors (Lipinski definition) is 1. The molecule has 0 unspecified atom stereocenters. The van der Waals surface area contributed by atoms with Crippen molar-refractivity contribution in [1.29, 1.82) is 0 Å². The van der Waals surface area contributed by atoms with Crippen LogP contribution in [0.5, 0.6) is 5.75 Å². The maximum Gasteiger partial charge on any atom is 0.344 e. The van der Waals surface area contributed by atoms with E-state index < -0.39 is 11.9 Å². The van der Waals surface area contributed by atoms with Crippen LogP contribution in [-0.2, 0) is 16.1 Å². The SMILES string of the molecule is COc1cccc(CNC(=O)COC(=O)c2c(C)noc2C)c1. The van der Waals surface area contributed by atoms with E-state index in [0.717, 1.165) is 5.56 Å². The molecule has 0 atom stereocenters. The average molecular weight is 318 g/mol. The normalized spacial score (nSPS) is 10.2. The van der Waals surface area contributed by atoms with Crippen molar-refractivity contribution in [2.45, 2.75) is 20.4 Å². The van der Waals surface area contributed by atoms with Gasteiger partial charge in [-0.2, -0.15) is 0 Å². The number of amides is 1. The molecule has 1 amide bonds. The van der Waals surface area contributed by atoms with Gasteiger partial charge in [-0.3, -0.25) is 4.79 Å². The Balaban J connectivity index is 1.82. The molecule has 7 heteroatoms. The second-order valence-electron chi connectivity index (χ2n) is 4.90. The number of rotatable bonds is 6. The largest absolute Gasteiger partial charge is 0.497 e. The highest BCUT2D eigenvalue weighted by molar-refractivity contribution is 5.93. The summed E-state index contributed by atoms with van der Waals surface area (Å²) in [5.41, 5.74) is 1.57. The average Bonchev–Trinajstić information content (AvgIpc) is 2.89. The van der Waals surface area contributed by atoms with E-state index in [1.165, 1.54) is 0 Å². The van der Waals surface area contributed by atoms with Gasteiger partial charge in [0.15, 0.2) is 6.61 Å². The van der Waals surface area contributed by atoms with E-state index in [1.807, 2.05) is 24.3 Å². The van der Waals surface area contributed by atoms with Crippen molar-refractivity contribution in [2.75, 3.05) is 13.7 Å². The fourth-order valence-electron chi connectivity index (χ4n) is 2.01. The fraction of sp³-hybridized carbons (Fsp3) is 0.312. The summed E-state index contributed by atoms with van der Waals surface area (Å²) >= 11 is 0. The zero-order valence-electron chi connectivity index (χ0n) is 13.2. The van der Waals surface area contributed by atoms with Gasteiger partial charge in [-0.1, -0.05) is 17.3 Å². The number of carbonyl (C=O) groups excluding carboxylic acids is 2. The number of aromatic nitrogens is 1. The van der Waals surface area contributed by atoms with Gasteiger partial charge in [0.2, 0.25) is 0 Å². The minimum Gasteiger partial charge on any atom is -0.497 e. The van der Waals surface area contributed by atoms with Gasteiger partial charge in [0.1, 0.15) is 17.1 Å². The minimum absolute atomic E-state index is 0.255. The van der Waals surface area contributed by atoms with Crippen LogP contribution >= 0.6 is 0 Å². The van der Waals surface area contributed by atoms with E-state index in [-0.39, 0.29) is 12.2 Å². The van der Waals surface area contributed by atoms with Crippen molar-refractivity contribution in [2.24, 2.45) is 0 Å². The van der Waals surface area contributed by atoms with Gasteiger partial charge in [0.05, 0.1) is 12.8 Å². The molecule has 0 aliphatic rings. The van der Waals surface area contributed by atoms with Gasteiger partial charge in [-0.25, -0.2) is 4.79 Å². The van der Waals surface area contributed by atoms with E-state index in [1.54, 1.807) is 21.0 Å². The molecule has 122 valence electrons. The van der Waals surface area contributed by atoms with Crippen LogP contribution in [0.2, 0.25) is 0 Å². The molecule has 0 bridgehead atoms. The molecule has 0 saturated heterocycles. The van der Waals surface area contributed by atoms with Crippen LogP contribution in [0.25, 0.3) is 0 Å². The number of carbonyl (C=O) groups is 2. The Labute approximate surface area is 133 Å². The van der Waals surface area contributed by atoms with Gasteiger partial charge >= 0.3 is 5.97 Å². The second kappa shape index (κ2) is 7.44. The van der Waals surface area contributed by atoms with Crippen molar-refractivity contribution < 1.29 is 23.6 Å². The number of ether oxygens (including phenoxy) is 2. The monoisotopic (exact) mass is 318 g/mol. The highest BCUT2D eigenvalue weighted by Crippen LogP contribution is 2.14. The van der Waals surface area contributed by atoms with Crippen LogP contribution in [0.4, 0.5) is 0 Å². The summed E-state index contributed by atoms with van der Waals surface area (Å²) in [6.07, 6.45) is 0. The van der Waals surface area contributed by atoms with Gasteiger partial charge in [0.25, 0.3) is 5.91 Å². The molecule has 1 heterocycles. The van der Waals surface area contributed by atoms with Crippen LogP contribution in [0, 0.1) is 13.8 Å². The Morgan fingerprint density at radius 1 is 1.30 bits per heavy atom. The van der Waals surface area contributed by atoms with Crippen LogP contribution in [-0.4, -0.2) is 30.7 Å². The molecule has 1 aromatic carbocycles. The first kappa shape index (κ1) is 16.5. The predicted octanol–water partition coefficient (Wildman–Crippen LogP) is 1.77. The van der Waals surface area contributed by atoms with Gasteiger partial charge < -0.3 is 19.3 Å². The lowest BCUT2D eigenvalue weighted by molar-refractivity contribution is -0.124. The summed E-state index contributed by atoms with van der Waals surface area (Å²) in [5.74, 6) is 0.0524. The van der Waals surface area contributed by atoms with Crippen LogP contribution in [0.1, 0.15) is 27.4 Å². The zero-order valence-corrected chi connectivity index (χ0v) is 13.2. The number of hydrogen-bond acceptors (Lipinski definition) is 6. The molecule has 0 aliphatic heterocycles. The van der Waals surface area contributed by atoms with E-state index in [9.17, 15) is 9.59 Å². The van der Waals surface area contributed by atoms with Crippen molar-refractivity contribution in [1.82, 2.24) is 10.5 Å². The number of methoxy groups -OCH3 is 1. The highest BCUT2D eigenvalue weighted by Gasteiger charge is 2.19. The third-order valence-electron chi connectivity index (χ3n) is 3.20. The molecule has 0 aliphatic carbocycles. The summed E-state index contributed by atoms with van der Waals surface area (Å²) in [7, 11) is 1.58. The zero-order chi connectivity index (χ0) is 16.8. The standard InChI is InChI=1S/C16H18N2O5/c1-10-15(11(2)23-18-10)16(20)22-9-14(19)17-8-12-5-4-6-13(7-12)21-3/h4-7H,8-9H2,1-3H3,(H,17,19). The van der Waals surface area contributed by atoms with E-state index in [2.05, 4.69) is 10.5 Å². The first-order valence-corrected chi connectivity index (χ1v) is 7.01. The Kier molecular flexibility index (Phi) is 5.35. The van der Waals surface area contributed by atoms with Crippen molar-refractivity contribution >= 4 is 11.9 Å². The van der Waals surface area contributed by atoms with Gasteiger partial charge in [0, 0.05) is 6.54 Å². The minimum atomic E-state index is -0.627. The van der Waals surface area contributed by atoms with Crippen LogP contribution < -0.4 is 10.1 Å². The fourth-order valence-corrected chi connectivity index (χ4v) is 2.01. The Hall–Kier alpha value is -2.83. The quantitative estimate of drug-likeness (QED) is 0.816. The molecule has 1 N–H and O–H groups in total. The lowest BCUT2D eigenvalue weighted by Gasteiger charge is -2.07. The van der Waals surface area contributed by atoms with Crippen LogP contribution in [0.15, 0.2) is 28.8 Å². The molecule has 2 rings (SSSR count). The van der Waals surface area contributed by atoms with Crippen molar-refractivity contribution in [3.05, 3.63) is 46.8 Å². The summed E-state index contributed by atoms with van der Waals surface area (Å²) < 4.78 is 15.0. The third kappa shape index (κ3) is 4.32. The summed E-state index contributed by atoms with van der Waals surface area (Å²) in [6, 6.07) is 7.32. The molecule has 0 saturated carbocycles.